The zero-order valence-corrected chi connectivity index (χ0v) is 14.4. The number of hydrogen-bond donors (Lipinski definition) is 2. The Morgan fingerprint density at radius 1 is 1.22 bits per heavy atom. The SMILES string of the molecule is Cn1ncc2c1Nc1ccccc1N(C(=O)c1ccc(C(N)=O)c(F)c1)C2. The summed E-state index contributed by atoms with van der Waals surface area (Å²) in [5.41, 5.74) is 7.24. The largest absolute Gasteiger partial charge is 0.366 e. The molecule has 0 radical (unpaired) electrons. The molecule has 2 amide bonds. The lowest BCUT2D eigenvalue weighted by Gasteiger charge is -2.22. The first kappa shape index (κ1) is 16.8. The van der Waals surface area contributed by atoms with Crippen molar-refractivity contribution in [2.24, 2.45) is 12.8 Å². The van der Waals surface area contributed by atoms with Crippen LogP contribution in [0.15, 0.2) is 48.7 Å². The van der Waals surface area contributed by atoms with E-state index in [1.54, 1.807) is 15.8 Å². The highest BCUT2D eigenvalue weighted by Crippen LogP contribution is 2.36. The van der Waals surface area contributed by atoms with Gasteiger partial charge in [0.05, 0.1) is 29.7 Å². The van der Waals surface area contributed by atoms with Crippen molar-refractivity contribution >= 4 is 29.0 Å². The zero-order chi connectivity index (χ0) is 19.1. The number of carbonyl (C=O) groups excluding carboxylic acids is 2. The van der Waals surface area contributed by atoms with Crippen LogP contribution in [0.3, 0.4) is 0 Å². The number of anilines is 3. The number of nitrogens with two attached hydrogens (primary N) is 1. The van der Waals surface area contributed by atoms with Gasteiger partial charge in [0.25, 0.3) is 11.8 Å². The fraction of sp³-hybridized carbons (Fsp3) is 0.105. The van der Waals surface area contributed by atoms with Gasteiger partial charge in [-0.15, -0.1) is 0 Å². The molecular formula is C19H16FN5O2. The molecule has 7 nitrogen and oxygen atoms in total. The third-order valence-corrected chi connectivity index (χ3v) is 4.52. The molecule has 0 saturated carbocycles. The highest BCUT2D eigenvalue weighted by molar-refractivity contribution is 6.09. The Balaban J connectivity index is 1.79. The van der Waals surface area contributed by atoms with E-state index in [1.165, 1.54) is 12.1 Å². The van der Waals surface area contributed by atoms with E-state index in [0.29, 0.717) is 5.69 Å². The van der Waals surface area contributed by atoms with Crippen LogP contribution in [-0.4, -0.2) is 21.6 Å². The molecule has 2 aromatic carbocycles. The monoisotopic (exact) mass is 365 g/mol. The van der Waals surface area contributed by atoms with Gasteiger partial charge in [0, 0.05) is 18.2 Å². The molecule has 0 aliphatic carbocycles. The first-order valence-electron chi connectivity index (χ1n) is 8.24. The number of hydrogen-bond acceptors (Lipinski definition) is 4. The molecule has 1 aliphatic rings. The number of aryl methyl sites for hydroxylation is 1. The molecule has 3 aromatic rings. The lowest BCUT2D eigenvalue weighted by Crippen LogP contribution is -2.30. The van der Waals surface area contributed by atoms with E-state index < -0.39 is 17.6 Å². The van der Waals surface area contributed by atoms with Crippen molar-refractivity contribution in [3.63, 3.8) is 0 Å². The number of aromatic nitrogens is 2. The van der Waals surface area contributed by atoms with Crippen molar-refractivity contribution < 1.29 is 14.0 Å². The summed E-state index contributed by atoms with van der Waals surface area (Å²) in [6.45, 7) is 0.269. The van der Waals surface area contributed by atoms with Crippen molar-refractivity contribution in [1.29, 1.82) is 0 Å². The zero-order valence-electron chi connectivity index (χ0n) is 14.4. The first-order valence-corrected chi connectivity index (χ1v) is 8.24. The molecule has 136 valence electrons. The fourth-order valence-electron chi connectivity index (χ4n) is 3.14. The van der Waals surface area contributed by atoms with Crippen LogP contribution in [0.1, 0.15) is 26.3 Å². The van der Waals surface area contributed by atoms with Gasteiger partial charge in [-0.2, -0.15) is 5.10 Å². The number of primary amides is 1. The minimum absolute atomic E-state index is 0.125. The highest BCUT2D eigenvalue weighted by Gasteiger charge is 2.27. The molecule has 0 atom stereocenters. The van der Waals surface area contributed by atoms with Crippen LogP contribution in [0, 0.1) is 5.82 Å². The molecular weight excluding hydrogens is 349 g/mol. The normalized spacial score (nSPS) is 12.6. The highest BCUT2D eigenvalue weighted by atomic mass is 19.1. The molecule has 8 heteroatoms. The number of carbonyl (C=O) groups is 2. The van der Waals surface area contributed by atoms with Gasteiger partial charge in [0.2, 0.25) is 0 Å². The second-order valence-corrected chi connectivity index (χ2v) is 6.23. The molecule has 3 N–H and O–H groups in total. The number of benzene rings is 2. The molecule has 0 unspecified atom stereocenters. The van der Waals surface area contributed by atoms with Gasteiger partial charge >= 0.3 is 0 Å². The van der Waals surface area contributed by atoms with E-state index in [1.807, 2.05) is 31.3 Å². The summed E-state index contributed by atoms with van der Waals surface area (Å²) in [5, 5.41) is 7.52. The number of para-hydroxylation sites is 2. The number of halogens is 1. The standard InChI is InChI=1S/C19H16FN5O2/c1-24-18-12(9-22-24)10-25(16-5-3-2-4-15(16)23-18)19(27)11-6-7-13(17(21)26)14(20)8-11/h2-9,23H,10H2,1H3,(H2,21,26). The molecule has 0 saturated heterocycles. The topological polar surface area (TPSA) is 93.2 Å². The summed E-state index contributed by atoms with van der Waals surface area (Å²) in [5.74, 6) is -1.31. The predicted octanol–water partition coefficient (Wildman–Crippen LogP) is 2.56. The number of rotatable bonds is 2. The van der Waals surface area contributed by atoms with E-state index in [4.69, 9.17) is 5.73 Å². The van der Waals surface area contributed by atoms with E-state index in [-0.39, 0.29) is 17.7 Å². The molecule has 1 aromatic heterocycles. The first-order chi connectivity index (χ1) is 13.0. The molecule has 0 spiro atoms. The Morgan fingerprint density at radius 3 is 2.74 bits per heavy atom. The van der Waals surface area contributed by atoms with Gasteiger partial charge in [-0.05, 0) is 30.3 Å². The molecule has 0 bridgehead atoms. The Hall–Kier alpha value is -3.68. The number of fused-ring (bicyclic) bond motifs is 2. The summed E-state index contributed by atoms with van der Waals surface area (Å²) in [7, 11) is 1.81. The third kappa shape index (κ3) is 2.80. The summed E-state index contributed by atoms with van der Waals surface area (Å²) in [4.78, 5) is 25.9. The van der Waals surface area contributed by atoms with Crippen molar-refractivity contribution in [3.05, 3.63) is 71.2 Å². The van der Waals surface area contributed by atoms with Crippen LogP contribution in [-0.2, 0) is 13.6 Å². The maximum atomic E-state index is 14.1. The van der Waals surface area contributed by atoms with Crippen molar-refractivity contribution in [1.82, 2.24) is 9.78 Å². The van der Waals surface area contributed by atoms with Gasteiger partial charge in [-0.3, -0.25) is 14.3 Å². The number of nitrogens with zero attached hydrogens (tertiary/aromatic N) is 3. The maximum Gasteiger partial charge on any atom is 0.258 e. The second-order valence-electron chi connectivity index (χ2n) is 6.23. The Bertz CT molecular complexity index is 1080. The molecule has 4 rings (SSSR count). The van der Waals surface area contributed by atoms with Crippen molar-refractivity contribution in [2.45, 2.75) is 6.54 Å². The summed E-state index contributed by atoms with van der Waals surface area (Å²) in [6, 6.07) is 11.0. The minimum atomic E-state index is -0.879. The lowest BCUT2D eigenvalue weighted by molar-refractivity contribution is 0.0976. The van der Waals surface area contributed by atoms with Crippen molar-refractivity contribution in [2.75, 3.05) is 10.2 Å². The minimum Gasteiger partial charge on any atom is -0.366 e. The van der Waals surface area contributed by atoms with Crippen LogP contribution in [0.25, 0.3) is 0 Å². The summed E-state index contributed by atoms with van der Waals surface area (Å²) >= 11 is 0. The Kier molecular flexibility index (Phi) is 3.88. The van der Waals surface area contributed by atoms with Gasteiger partial charge in [-0.25, -0.2) is 4.39 Å². The van der Waals surface area contributed by atoms with Crippen molar-refractivity contribution in [3.8, 4) is 0 Å². The molecule has 1 aliphatic heterocycles. The van der Waals surface area contributed by atoms with Crippen LogP contribution < -0.4 is 16.0 Å². The Labute approximate surface area is 154 Å². The summed E-state index contributed by atoms with van der Waals surface area (Å²) in [6.07, 6.45) is 1.69. The van der Waals surface area contributed by atoms with E-state index in [2.05, 4.69) is 10.4 Å². The van der Waals surface area contributed by atoms with Crippen LogP contribution in [0.2, 0.25) is 0 Å². The average molecular weight is 365 g/mol. The van der Waals surface area contributed by atoms with E-state index in [0.717, 1.165) is 23.1 Å². The van der Waals surface area contributed by atoms with Crippen LogP contribution in [0.5, 0.6) is 0 Å². The van der Waals surface area contributed by atoms with E-state index >= 15 is 0 Å². The Morgan fingerprint density at radius 2 is 2.00 bits per heavy atom. The van der Waals surface area contributed by atoms with Gasteiger partial charge in [-0.1, -0.05) is 12.1 Å². The summed E-state index contributed by atoms with van der Waals surface area (Å²) < 4.78 is 15.8. The predicted molar refractivity (Wildman–Crippen MR) is 98.4 cm³/mol. The third-order valence-electron chi connectivity index (χ3n) is 4.52. The van der Waals surface area contributed by atoms with E-state index in [9.17, 15) is 14.0 Å². The van der Waals surface area contributed by atoms with Crippen LogP contribution in [0.4, 0.5) is 21.6 Å². The van der Waals surface area contributed by atoms with Gasteiger partial charge in [0.1, 0.15) is 11.6 Å². The van der Waals surface area contributed by atoms with Crippen LogP contribution >= 0.6 is 0 Å². The van der Waals surface area contributed by atoms with Gasteiger partial charge < -0.3 is 16.0 Å². The quantitative estimate of drug-likeness (QED) is 0.730. The molecule has 27 heavy (non-hydrogen) atoms. The van der Waals surface area contributed by atoms with Gasteiger partial charge in [0.15, 0.2) is 0 Å². The number of amides is 2. The second kappa shape index (κ2) is 6.24. The lowest BCUT2D eigenvalue weighted by atomic mass is 10.1. The fourth-order valence-corrected chi connectivity index (χ4v) is 3.14. The maximum absolute atomic E-state index is 14.1. The molecule has 2 heterocycles. The molecule has 0 fully saturated rings. The number of nitrogens with one attached hydrogen (secondary N) is 1. The smallest absolute Gasteiger partial charge is 0.258 e. The average Bonchev–Trinajstić information content (AvgIpc) is 2.90.